The van der Waals surface area contributed by atoms with Crippen LogP contribution in [0.2, 0.25) is 0 Å². The maximum absolute atomic E-state index is 11.3. The first-order chi connectivity index (χ1) is 23.7. The zero-order chi connectivity index (χ0) is 34.6. The van der Waals surface area contributed by atoms with Crippen molar-refractivity contribution in [1.29, 1.82) is 0 Å². The van der Waals surface area contributed by atoms with Crippen LogP contribution in [0.3, 0.4) is 0 Å². The molecule has 48 heavy (non-hydrogen) atoms. The summed E-state index contributed by atoms with van der Waals surface area (Å²) in [6, 6.07) is 0. The molecule has 2 atom stereocenters. The lowest BCUT2D eigenvalue weighted by molar-refractivity contribution is -0.118. The van der Waals surface area contributed by atoms with Crippen LogP contribution in [-0.4, -0.2) is 55.9 Å². The summed E-state index contributed by atoms with van der Waals surface area (Å²) in [7, 11) is 0. The molecule has 1 amide bonds. The van der Waals surface area contributed by atoms with Crippen molar-refractivity contribution in [2.75, 3.05) is 32.8 Å². The van der Waals surface area contributed by atoms with Gasteiger partial charge in [0.25, 0.3) is 0 Å². The highest BCUT2D eigenvalue weighted by Gasteiger charge is 2.34. The molecule has 1 aliphatic rings. The second-order valence-corrected chi connectivity index (χ2v) is 14.0. The SMILES string of the molecule is CCCCCC=CCC=CCCCCCCCCO[C@@H]1CN(CCC(N)=O)C[C@H]1OCCCCCCCCC=CCC=CCCCCC. The summed E-state index contributed by atoms with van der Waals surface area (Å²) in [5.41, 5.74) is 5.41. The zero-order valence-corrected chi connectivity index (χ0v) is 31.7. The normalized spacial score (nSPS) is 17.4. The summed E-state index contributed by atoms with van der Waals surface area (Å²) in [5, 5.41) is 0. The Hall–Kier alpha value is -1.69. The van der Waals surface area contributed by atoms with E-state index in [1.807, 2.05) is 0 Å². The van der Waals surface area contributed by atoms with Crippen LogP contribution in [0.4, 0.5) is 0 Å². The molecule has 0 unspecified atom stereocenters. The number of nitrogens with two attached hydrogens (primary N) is 1. The number of hydrogen-bond acceptors (Lipinski definition) is 4. The summed E-state index contributed by atoms with van der Waals surface area (Å²) in [5.74, 6) is -0.237. The third kappa shape index (κ3) is 29.2. The minimum absolute atomic E-state index is 0.0976. The van der Waals surface area contributed by atoms with Crippen LogP contribution in [0.5, 0.6) is 0 Å². The van der Waals surface area contributed by atoms with Crippen LogP contribution in [-0.2, 0) is 14.3 Å². The number of allylic oxidation sites excluding steroid dienone is 8. The molecule has 0 aromatic rings. The molecule has 5 nitrogen and oxygen atoms in total. The molecule has 278 valence electrons. The summed E-state index contributed by atoms with van der Waals surface area (Å²) in [4.78, 5) is 13.6. The van der Waals surface area contributed by atoms with E-state index >= 15 is 0 Å². The van der Waals surface area contributed by atoms with Crippen molar-refractivity contribution in [3.8, 4) is 0 Å². The lowest BCUT2D eigenvalue weighted by Crippen LogP contribution is -2.30. The van der Waals surface area contributed by atoms with Crippen LogP contribution in [0.15, 0.2) is 48.6 Å². The molecule has 1 rings (SSSR count). The smallest absolute Gasteiger partial charge is 0.218 e. The van der Waals surface area contributed by atoms with E-state index in [-0.39, 0.29) is 18.1 Å². The number of rotatable bonds is 35. The van der Waals surface area contributed by atoms with Crippen molar-refractivity contribution in [3.63, 3.8) is 0 Å². The molecule has 0 bridgehead atoms. The molecule has 5 heteroatoms. The first-order valence-corrected chi connectivity index (χ1v) is 20.5. The molecule has 0 spiro atoms. The molecular formula is C43H78N2O3. The fraction of sp³-hybridized carbons (Fsp3) is 0.791. The number of amides is 1. The van der Waals surface area contributed by atoms with E-state index in [4.69, 9.17) is 15.2 Å². The summed E-state index contributed by atoms with van der Waals surface area (Å²) in [6.07, 6.45) is 49.3. The number of hydrogen-bond donors (Lipinski definition) is 1. The van der Waals surface area contributed by atoms with E-state index in [1.54, 1.807) is 0 Å². The van der Waals surface area contributed by atoms with Gasteiger partial charge in [-0.15, -0.1) is 0 Å². The number of unbranched alkanes of at least 4 members (excludes halogenated alkanes) is 18. The van der Waals surface area contributed by atoms with Gasteiger partial charge in [-0.25, -0.2) is 0 Å². The van der Waals surface area contributed by atoms with Crippen molar-refractivity contribution in [2.24, 2.45) is 5.73 Å². The number of likely N-dealkylation sites (tertiary alicyclic amines) is 1. The molecule has 0 aromatic carbocycles. The van der Waals surface area contributed by atoms with Crippen LogP contribution < -0.4 is 5.73 Å². The van der Waals surface area contributed by atoms with Crippen molar-refractivity contribution in [3.05, 3.63) is 48.6 Å². The third-order valence-corrected chi connectivity index (χ3v) is 9.32. The van der Waals surface area contributed by atoms with Gasteiger partial charge in [0.2, 0.25) is 5.91 Å². The van der Waals surface area contributed by atoms with Crippen LogP contribution in [0.25, 0.3) is 0 Å². The minimum atomic E-state index is -0.237. The second-order valence-electron chi connectivity index (χ2n) is 14.0. The molecule has 2 N–H and O–H groups in total. The molecule has 0 aliphatic carbocycles. The summed E-state index contributed by atoms with van der Waals surface area (Å²) < 4.78 is 12.7. The van der Waals surface area contributed by atoms with E-state index in [2.05, 4.69) is 67.4 Å². The fourth-order valence-corrected chi connectivity index (χ4v) is 6.24. The first kappa shape index (κ1) is 44.3. The Morgan fingerprint density at radius 3 is 1.27 bits per heavy atom. The van der Waals surface area contributed by atoms with Crippen molar-refractivity contribution in [1.82, 2.24) is 4.90 Å². The lowest BCUT2D eigenvalue weighted by atomic mass is 10.1. The Balaban J connectivity index is 2.08. The third-order valence-electron chi connectivity index (χ3n) is 9.32. The van der Waals surface area contributed by atoms with E-state index in [1.165, 1.54) is 128 Å². The molecule has 1 fully saturated rings. The van der Waals surface area contributed by atoms with E-state index in [0.29, 0.717) is 13.0 Å². The van der Waals surface area contributed by atoms with Gasteiger partial charge in [-0.05, 0) is 77.0 Å². The average Bonchev–Trinajstić information content (AvgIpc) is 3.48. The Morgan fingerprint density at radius 1 is 0.542 bits per heavy atom. The first-order valence-electron chi connectivity index (χ1n) is 20.5. The Kier molecular flexibility index (Phi) is 32.5. The average molecular weight is 671 g/mol. The van der Waals surface area contributed by atoms with Gasteiger partial charge in [-0.1, -0.05) is 140 Å². The number of primary amides is 1. The van der Waals surface area contributed by atoms with E-state index < -0.39 is 0 Å². The largest absolute Gasteiger partial charge is 0.374 e. The molecule has 0 saturated carbocycles. The molecule has 1 aliphatic heterocycles. The maximum atomic E-state index is 11.3. The van der Waals surface area contributed by atoms with Gasteiger partial charge in [0.1, 0.15) is 0 Å². The second kappa shape index (κ2) is 35.1. The molecular weight excluding hydrogens is 592 g/mol. The van der Waals surface area contributed by atoms with Gasteiger partial charge in [-0.2, -0.15) is 0 Å². The topological polar surface area (TPSA) is 64.8 Å². The predicted octanol–water partition coefficient (Wildman–Crippen LogP) is 11.6. The van der Waals surface area contributed by atoms with Crippen molar-refractivity contribution >= 4 is 5.91 Å². The standard InChI is InChI=1S/C43H78N2O3/c1-3-5-7-9-11-13-15-17-19-21-23-25-27-29-31-33-37-47-41-39-45(36-35-43(44)46)40-42(41)48-38-34-32-30-28-26-24-22-20-18-16-14-12-10-8-6-4-2/h11-14,17-20,41-42H,3-10,15-16,21-40H2,1-2H3,(H2,44,46)/t41-,42-/m1/s1. The van der Waals surface area contributed by atoms with Crippen molar-refractivity contribution in [2.45, 2.75) is 187 Å². The molecule has 1 heterocycles. The van der Waals surface area contributed by atoms with E-state index in [9.17, 15) is 4.79 Å². The Labute approximate surface area is 298 Å². The number of nitrogens with zero attached hydrogens (tertiary/aromatic N) is 1. The van der Waals surface area contributed by atoms with Crippen LogP contribution >= 0.6 is 0 Å². The van der Waals surface area contributed by atoms with Gasteiger partial charge >= 0.3 is 0 Å². The van der Waals surface area contributed by atoms with Crippen LogP contribution in [0.1, 0.15) is 174 Å². The number of carbonyl (C=O) groups is 1. The van der Waals surface area contributed by atoms with Crippen LogP contribution in [0, 0.1) is 0 Å². The highest BCUT2D eigenvalue weighted by Crippen LogP contribution is 2.19. The molecule has 0 aromatic heterocycles. The Bertz CT molecular complexity index is 763. The maximum Gasteiger partial charge on any atom is 0.218 e. The van der Waals surface area contributed by atoms with Gasteiger partial charge in [0.05, 0.1) is 12.2 Å². The molecule has 1 saturated heterocycles. The quantitative estimate of drug-likeness (QED) is 0.0538. The van der Waals surface area contributed by atoms with Gasteiger partial charge < -0.3 is 15.2 Å². The number of ether oxygens (including phenoxy) is 2. The summed E-state index contributed by atoms with van der Waals surface area (Å²) in [6.45, 7) is 8.49. The van der Waals surface area contributed by atoms with Gasteiger partial charge in [0, 0.05) is 39.3 Å². The number of carbonyl (C=O) groups excluding carboxylic acids is 1. The van der Waals surface area contributed by atoms with E-state index in [0.717, 1.165) is 52.0 Å². The lowest BCUT2D eigenvalue weighted by Gasteiger charge is -2.20. The Morgan fingerprint density at radius 2 is 0.896 bits per heavy atom. The summed E-state index contributed by atoms with van der Waals surface area (Å²) >= 11 is 0. The van der Waals surface area contributed by atoms with Gasteiger partial charge in [0.15, 0.2) is 0 Å². The predicted molar refractivity (Wildman–Crippen MR) is 208 cm³/mol. The van der Waals surface area contributed by atoms with Gasteiger partial charge in [-0.3, -0.25) is 9.69 Å². The highest BCUT2D eigenvalue weighted by molar-refractivity contribution is 5.73. The highest BCUT2D eigenvalue weighted by atomic mass is 16.5. The minimum Gasteiger partial charge on any atom is -0.374 e. The van der Waals surface area contributed by atoms with Crippen molar-refractivity contribution < 1.29 is 14.3 Å². The monoisotopic (exact) mass is 671 g/mol. The zero-order valence-electron chi connectivity index (χ0n) is 31.7. The fourth-order valence-electron chi connectivity index (χ4n) is 6.24. The molecule has 0 radical (unpaired) electrons.